The zero-order chi connectivity index (χ0) is 40.1. The summed E-state index contributed by atoms with van der Waals surface area (Å²) < 4.78 is 98.4. The van der Waals surface area contributed by atoms with Gasteiger partial charge in [0.2, 0.25) is 0 Å². The summed E-state index contributed by atoms with van der Waals surface area (Å²) in [6, 6.07) is 6.00. The second kappa shape index (κ2) is 16.9. The standard InChI is InChI=1S/C29H25ClF7N9O3.C5H12/c1-39-13-41-46(26(33)34)21-8-16(6-7-19(21)30)22(12-49-28(48)42-20-9-18(20)29(35,36)37)45-24(47)23(43-27(45)38)15-4-2-14(3-5-15)17-10-40-44(11-17)25(31)32;1-5(2,3)4/h2-8,10-11,13,18,20,22-23,25-26H,1,9,12H2,(H2,38,43)(H,42,48);1-4H3/b41-13-;/t18?,20-,22+,23+;/m0./s1. The summed E-state index contributed by atoms with van der Waals surface area (Å²) in [7, 11) is 0. The molecule has 3 aromatic rings. The maximum atomic E-state index is 13.9. The number of anilines is 1. The van der Waals surface area contributed by atoms with Crippen LogP contribution in [0.15, 0.2) is 69.9 Å². The molecule has 54 heavy (non-hydrogen) atoms. The molecular weight excluding hydrogens is 751 g/mol. The van der Waals surface area contributed by atoms with Crippen molar-refractivity contribution in [2.75, 3.05) is 11.6 Å². The summed E-state index contributed by atoms with van der Waals surface area (Å²) in [5.74, 6) is -2.84. The van der Waals surface area contributed by atoms with Crippen LogP contribution >= 0.6 is 11.6 Å². The number of alkyl halides is 7. The first-order valence-electron chi connectivity index (χ1n) is 16.1. The predicted octanol–water partition coefficient (Wildman–Crippen LogP) is 7.94. The highest BCUT2D eigenvalue weighted by Gasteiger charge is 2.56. The molecule has 2 aliphatic rings. The summed E-state index contributed by atoms with van der Waals surface area (Å²) in [4.78, 5) is 34.8. The van der Waals surface area contributed by atoms with Crippen LogP contribution in [0, 0.1) is 11.3 Å². The lowest BCUT2D eigenvalue weighted by molar-refractivity contribution is -0.149. The van der Waals surface area contributed by atoms with Crippen molar-refractivity contribution in [1.29, 1.82) is 0 Å². The smallest absolute Gasteiger partial charge is 0.407 e. The Hall–Kier alpha value is -5.20. The van der Waals surface area contributed by atoms with Crippen molar-refractivity contribution < 1.29 is 45.1 Å². The van der Waals surface area contributed by atoms with Gasteiger partial charge < -0.3 is 15.8 Å². The van der Waals surface area contributed by atoms with Crippen molar-refractivity contribution in [2.24, 2.45) is 32.2 Å². The van der Waals surface area contributed by atoms with Crippen molar-refractivity contribution >= 4 is 48.3 Å². The normalized spacial score (nSPS) is 19.1. The molecule has 4 atom stereocenters. The van der Waals surface area contributed by atoms with Gasteiger partial charge in [0.05, 0.1) is 28.9 Å². The first-order valence-corrected chi connectivity index (χ1v) is 16.5. The van der Waals surface area contributed by atoms with Crippen molar-refractivity contribution in [1.82, 2.24) is 20.0 Å². The number of amides is 2. The highest BCUT2D eigenvalue weighted by atomic mass is 35.5. The van der Waals surface area contributed by atoms with Crippen LogP contribution < -0.4 is 16.1 Å². The molecule has 1 aromatic heterocycles. The molecule has 0 radical (unpaired) electrons. The molecule has 5 rings (SSSR count). The van der Waals surface area contributed by atoms with Gasteiger partial charge in [-0.05, 0) is 47.4 Å². The molecule has 0 spiro atoms. The number of alkyl carbamates (subject to hydrolysis) is 1. The van der Waals surface area contributed by atoms with Crippen LogP contribution in [0.2, 0.25) is 5.02 Å². The molecule has 0 bridgehead atoms. The third-order valence-corrected chi connectivity index (χ3v) is 7.90. The molecule has 2 heterocycles. The van der Waals surface area contributed by atoms with Gasteiger partial charge in [-0.2, -0.15) is 40.9 Å². The average Bonchev–Trinajstić information content (AvgIpc) is 3.56. The van der Waals surface area contributed by atoms with Gasteiger partial charge >= 0.3 is 25.4 Å². The number of guanidine groups is 1. The van der Waals surface area contributed by atoms with Crippen molar-refractivity contribution in [3.63, 3.8) is 0 Å². The lowest BCUT2D eigenvalue weighted by Crippen LogP contribution is -2.43. The Morgan fingerprint density at radius 2 is 1.78 bits per heavy atom. The van der Waals surface area contributed by atoms with Crippen LogP contribution in [0.5, 0.6) is 0 Å². The molecule has 1 fully saturated rings. The van der Waals surface area contributed by atoms with Crippen LogP contribution in [0.25, 0.3) is 11.1 Å². The van der Waals surface area contributed by atoms with E-state index >= 15 is 0 Å². The fourth-order valence-corrected chi connectivity index (χ4v) is 5.29. The van der Waals surface area contributed by atoms with E-state index in [4.69, 9.17) is 22.1 Å². The first-order chi connectivity index (χ1) is 25.2. The van der Waals surface area contributed by atoms with Crippen molar-refractivity contribution in [2.45, 2.75) is 71.5 Å². The number of rotatable bonds is 12. The Balaban J connectivity index is 0.00000122. The van der Waals surface area contributed by atoms with Gasteiger partial charge in [-0.1, -0.05) is 69.6 Å². The number of hydrogen-bond donors (Lipinski definition) is 2. The van der Waals surface area contributed by atoms with Gasteiger partial charge in [-0.15, -0.1) is 0 Å². The molecular formula is C34H37ClF7N9O3. The Morgan fingerprint density at radius 3 is 2.31 bits per heavy atom. The predicted molar refractivity (Wildman–Crippen MR) is 188 cm³/mol. The lowest BCUT2D eigenvalue weighted by atomic mass is 10.0. The number of aromatic nitrogens is 2. The molecule has 3 N–H and O–H groups in total. The molecule has 0 saturated heterocycles. The Labute approximate surface area is 310 Å². The monoisotopic (exact) mass is 787 g/mol. The zero-order valence-electron chi connectivity index (χ0n) is 29.3. The summed E-state index contributed by atoms with van der Waals surface area (Å²) >= 11 is 6.20. The van der Waals surface area contributed by atoms with E-state index in [2.05, 4.69) is 59.9 Å². The third kappa shape index (κ3) is 10.7. The number of hydrazone groups is 1. The van der Waals surface area contributed by atoms with Crippen LogP contribution in [0.4, 0.5) is 41.2 Å². The average molecular weight is 788 g/mol. The number of benzene rings is 2. The maximum Gasteiger partial charge on any atom is 0.407 e. The van der Waals surface area contributed by atoms with E-state index in [1.807, 2.05) is 0 Å². The number of carbonyl (C=O) groups excluding carboxylic acids is 2. The number of nitrogens with zero attached hydrogens (tertiary/aromatic N) is 7. The number of halogens is 8. The van der Waals surface area contributed by atoms with Crippen LogP contribution in [-0.2, 0) is 9.53 Å². The lowest BCUT2D eigenvalue weighted by Gasteiger charge is -2.29. The summed E-state index contributed by atoms with van der Waals surface area (Å²) in [6.45, 7) is 5.13. The van der Waals surface area contributed by atoms with Crippen LogP contribution in [0.1, 0.15) is 63.9 Å². The molecule has 1 unspecified atom stereocenters. The topological polar surface area (TPSA) is 143 Å². The minimum atomic E-state index is -4.52. The van der Waals surface area contributed by atoms with E-state index in [-0.39, 0.29) is 33.7 Å². The Kier molecular flexibility index (Phi) is 13.0. The van der Waals surface area contributed by atoms with Crippen molar-refractivity contribution in [3.05, 3.63) is 71.0 Å². The molecule has 292 valence electrons. The first kappa shape index (κ1) is 41.6. The van der Waals surface area contributed by atoms with E-state index < -0.39 is 61.9 Å². The van der Waals surface area contributed by atoms with Gasteiger partial charge in [0.1, 0.15) is 12.9 Å². The number of aliphatic imine (C=N–C) groups is 2. The van der Waals surface area contributed by atoms with Crippen LogP contribution in [0.3, 0.4) is 0 Å². The summed E-state index contributed by atoms with van der Waals surface area (Å²) in [6.07, 6.45) is -2.97. The van der Waals surface area contributed by atoms with Gasteiger partial charge in [0, 0.05) is 17.8 Å². The van der Waals surface area contributed by atoms with Gasteiger partial charge in [-0.3, -0.25) is 14.7 Å². The van der Waals surface area contributed by atoms with Crippen molar-refractivity contribution in [3.8, 4) is 11.1 Å². The second-order valence-corrected chi connectivity index (χ2v) is 14.1. The number of carbonyl (C=O) groups is 2. The quantitative estimate of drug-likeness (QED) is 0.0628. The number of ether oxygens (including phenoxy) is 1. The summed E-state index contributed by atoms with van der Waals surface area (Å²) in [5, 5.41) is 9.24. The van der Waals surface area contributed by atoms with E-state index in [9.17, 15) is 40.3 Å². The SMILES string of the molecule is C=N/C=N\N(c1cc([C@@H](COC(=O)N[C@H]2CC2C(F)(F)F)N2C(=O)[C@@H](c3ccc(-c4cnn(C(F)F)c4)cc3)N=C2N)ccc1Cl)C(F)F.CC(C)(C)C. The maximum absolute atomic E-state index is 13.9. The van der Waals surface area contributed by atoms with Gasteiger partial charge in [0.25, 0.3) is 5.91 Å². The van der Waals surface area contributed by atoms with E-state index in [0.29, 0.717) is 26.8 Å². The van der Waals surface area contributed by atoms with E-state index in [0.717, 1.165) is 23.5 Å². The fraction of sp³-hybridized carbons (Fsp3) is 0.412. The zero-order valence-corrected chi connectivity index (χ0v) is 30.1. The minimum absolute atomic E-state index is 0.0535. The molecule has 1 aliphatic heterocycles. The minimum Gasteiger partial charge on any atom is -0.447 e. The molecule has 1 aliphatic carbocycles. The second-order valence-electron chi connectivity index (χ2n) is 13.7. The number of nitrogens with two attached hydrogens (primary N) is 1. The molecule has 2 aromatic carbocycles. The molecule has 12 nitrogen and oxygen atoms in total. The largest absolute Gasteiger partial charge is 0.447 e. The number of hydrogen-bond acceptors (Lipinski definition) is 8. The molecule has 1 saturated carbocycles. The highest BCUT2D eigenvalue weighted by Crippen LogP contribution is 2.44. The van der Waals surface area contributed by atoms with E-state index in [1.54, 1.807) is 12.1 Å². The fourth-order valence-electron chi connectivity index (χ4n) is 5.08. The van der Waals surface area contributed by atoms with Gasteiger partial charge in [0.15, 0.2) is 12.0 Å². The Bertz CT molecular complexity index is 1860. The summed E-state index contributed by atoms with van der Waals surface area (Å²) in [5.41, 5.74) is 7.60. The highest BCUT2D eigenvalue weighted by molar-refractivity contribution is 6.33. The van der Waals surface area contributed by atoms with Crippen LogP contribution in [-0.4, -0.2) is 71.1 Å². The molecule has 20 heteroatoms. The van der Waals surface area contributed by atoms with Gasteiger partial charge in [-0.25, -0.2) is 19.5 Å². The molecule has 2 amide bonds. The Morgan fingerprint density at radius 1 is 1.13 bits per heavy atom. The number of nitrogens with one attached hydrogen (secondary N) is 1. The third-order valence-electron chi connectivity index (χ3n) is 7.58. The van der Waals surface area contributed by atoms with E-state index in [1.165, 1.54) is 30.5 Å².